The monoisotopic (exact) mass is 220 g/mol. The van der Waals surface area contributed by atoms with Crippen molar-refractivity contribution >= 4 is 11.5 Å². The van der Waals surface area contributed by atoms with Crippen molar-refractivity contribution in [2.24, 2.45) is 0 Å². The minimum Gasteiger partial charge on any atom is -0.360 e. The van der Waals surface area contributed by atoms with E-state index in [1.54, 1.807) is 6.07 Å². The minimum atomic E-state index is -0.490. The smallest absolute Gasteiger partial charge is 0.311 e. The normalized spacial score (nSPS) is 10.0. The van der Waals surface area contributed by atoms with Crippen LogP contribution in [0.25, 0.3) is 0 Å². The molecule has 1 N–H and O–H groups in total. The van der Waals surface area contributed by atoms with Crippen LogP contribution in [0.2, 0.25) is 0 Å². The Morgan fingerprint density at radius 3 is 3.00 bits per heavy atom. The lowest BCUT2D eigenvalue weighted by atomic mass is 10.4. The van der Waals surface area contributed by atoms with Crippen molar-refractivity contribution in [3.8, 4) is 0 Å². The van der Waals surface area contributed by atoms with Crippen molar-refractivity contribution in [2.45, 2.75) is 6.54 Å². The standard InChI is InChI=1S/C9H8N4O3/c14-13(15)8-2-1-4-10-9(8)11-6-7-3-5-12-16-7/h1-5H,6H2,(H,10,11). The van der Waals surface area contributed by atoms with Gasteiger partial charge < -0.3 is 9.84 Å². The van der Waals surface area contributed by atoms with Crippen LogP contribution in [0.4, 0.5) is 11.5 Å². The third-order valence-electron chi connectivity index (χ3n) is 1.90. The molecule has 0 spiro atoms. The first-order valence-corrected chi connectivity index (χ1v) is 4.50. The van der Waals surface area contributed by atoms with Crippen LogP contribution in [0, 0.1) is 10.1 Å². The van der Waals surface area contributed by atoms with Gasteiger partial charge in [0.25, 0.3) is 0 Å². The van der Waals surface area contributed by atoms with E-state index in [4.69, 9.17) is 4.52 Å². The second kappa shape index (κ2) is 4.39. The van der Waals surface area contributed by atoms with E-state index in [2.05, 4.69) is 15.5 Å². The molecule has 0 radical (unpaired) electrons. The highest BCUT2D eigenvalue weighted by atomic mass is 16.6. The van der Waals surface area contributed by atoms with Crippen LogP contribution < -0.4 is 5.32 Å². The van der Waals surface area contributed by atoms with Crippen molar-refractivity contribution in [2.75, 3.05) is 5.32 Å². The molecule has 0 saturated carbocycles. The van der Waals surface area contributed by atoms with E-state index in [1.807, 2.05) is 0 Å². The fourth-order valence-corrected chi connectivity index (χ4v) is 1.18. The van der Waals surface area contributed by atoms with Crippen molar-refractivity contribution in [3.63, 3.8) is 0 Å². The molecule has 0 fully saturated rings. The molecule has 7 nitrogen and oxygen atoms in total. The topological polar surface area (TPSA) is 94.1 Å². The number of rotatable bonds is 4. The summed E-state index contributed by atoms with van der Waals surface area (Å²) in [6, 6.07) is 4.56. The Bertz CT molecular complexity index is 483. The average molecular weight is 220 g/mol. The quantitative estimate of drug-likeness (QED) is 0.621. The molecule has 0 unspecified atom stereocenters. The molecular weight excluding hydrogens is 212 g/mol. The van der Waals surface area contributed by atoms with Crippen LogP contribution in [-0.4, -0.2) is 15.1 Å². The predicted octanol–water partition coefficient (Wildman–Crippen LogP) is 1.59. The molecule has 7 heteroatoms. The first kappa shape index (κ1) is 10.1. The highest BCUT2D eigenvalue weighted by Crippen LogP contribution is 2.20. The van der Waals surface area contributed by atoms with Crippen LogP contribution in [0.3, 0.4) is 0 Å². The van der Waals surface area contributed by atoms with Crippen molar-refractivity contribution < 1.29 is 9.45 Å². The molecule has 0 aliphatic carbocycles. The Balaban J connectivity index is 2.12. The van der Waals surface area contributed by atoms with Gasteiger partial charge in [-0.1, -0.05) is 5.16 Å². The SMILES string of the molecule is O=[N+]([O-])c1cccnc1NCc1ccno1. The molecule has 16 heavy (non-hydrogen) atoms. The van der Waals surface area contributed by atoms with Crippen LogP contribution in [0.5, 0.6) is 0 Å². The number of nitrogens with one attached hydrogen (secondary N) is 1. The predicted molar refractivity (Wildman–Crippen MR) is 54.7 cm³/mol. The first-order chi connectivity index (χ1) is 7.77. The highest BCUT2D eigenvalue weighted by molar-refractivity contribution is 5.54. The van der Waals surface area contributed by atoms with Crippen LogP contribution >= 0.6 is 0 Å². The second-order valence-electron chi connectivity index (χ2n) is 2.96. The van der Waals surface area contributed by atoms with Gasteiger partial charge in [0, 0.05) is 18.3 Å². The number of hydrogen-bond donors (Lipinski definition) is 1. The Hall–Kier alpha value is -2.44. The molecule has 0 aromatic carbocycles. The van der Waals surface area contributed by atoms with Gasteiger partial charge in [-0.3, -0.25) is 10.1 Å². The maximum Gasteiger partial charge on any atom is 0.311 e. The van der Waals surface area contributed by atoms with Crippen molar-refractivity contribution in [1.29, 1.82) is 0 Å². The molecule has 0 atom stereocenters. The summed E-state index contributed by atoms with van der Waals surface area (Å²) in [5, 5.41) is 17.0. The van der Waals surface area contributed by atoms with Crippen molar-refractivity contribution in [1.82, 2.24) is 10.1 Å². The van der Waals surface area contributed by atoms with Gasteiger partial charge in [0.15, 0.2) is 5.76 Å². The van der Waals surface area contributed by atoms with Gasteiger partial charge in [0.2, 0.25) is 5.82 Å². The lowest BCUT2D eigenvalue weighted by Crippen LogP contribution is -2.03. The van der Waals surface area contributed by atoms with Gasteiger partial charge >= 0.3 is 5.69 Å². The second-order valence-corrected chi connectivity index (χ2v) is 2.96. The van der Waals surface area contributed by atoms with Crippen LogP contribution in [0.15, 0.2) is 35.1 Å². The zero-order valence-electron chi connectivity index (χ0n) is 8.16. The number of nitrogens with zero attached hydrogens (tertiary/aromatic N) is 3. The van der Waals surface area contributed by atoms with E-state index in [0.717, 1.165) is 0 Å². The summed E-state index contributed by atoms with van der Waals surface area (Å²) in [6.45, 7) is 0.303. The van der Waals surface area contributed by atoms with Crippen LogP contribution in [0.1, 0.15) is 5.76 Å². The molecule has 2 aromatic rings. The third kappa shape index (κ3) is 2.14. The molecule has 0 amide bonds. The van der Waals surface area contributed by atoms with Gasteiger partial charge in [0.05, 0.1) is 17.7 Å². The summed E-state index contributed by atoms with van der Waals surface area (Å²) in [4.78, 5) is 14.1. The van der Waals surface area contributed by atoms with Gasteiger partial charge in [-0.15, -0.1) is 0 Å². The zero-order valence-corrected chi connectivity index (χ0v) is 8.16. The number of aromatic nitrogens is 2. The van der Waals surface area contributed by atoms with Crippen molar-refractivity contribution in [3.05, 3.63) is 46.5 Å². The Morgan fingerprint density at radius 2 is 2.31 bits per heavy atom. The number of anilines is 1. The highest BCUT2D eigenvalue weighted by Gasteiger charge is 2.13. The summed E-state index contributed by atoms with van der Waals surface area (Å²) < 4.78 is 4.85. The lowest BCUT2D eigenvalue weighted by molar-refractivity contribution is -0.384. The molecule has 2 aromatic heterocycles. The third-order valence-corrected chi connectivity index (χ3v) is 1.90. The van der Waals surface area contributed by atoms with E-state index in [-0.39, 0.29) is 11.5 Å². The first-order valence-electron chi connectivity index (χ1n) is 4.50. The maximum atomic E-state index is 10.7. The van der Waals surface area contributed by atoms with E-state index >= 15 is 0 Å². The van der Waals surface area contributed by atoms with Gasteiger partial charge in [-0.25, -0.2) is 4.98 Å². The summed E-state index contributed by atoms with van der Waals surface area (Å²) in [6.07, 6.45) is 2.99. The lowest BCUT2D eigenvalue weighted by Gasteiger charge is -2.02. The number of pyridine rings is 1. The molecule has 0 saturated heterocycles. The summed E-state index contributed by atoms with van der Waals surface area (Å²) in [5.41, 5.74) is -0.0676. The largest absolute Gasteiger partial charge is 0.360 e. The number of hydrogen-bond acceptors (Lipinski definition) is 6. The molecule has 2 heterocycles. The average Bonchev–Trinajstić information content (AvgIpc) is 2.79. The summed E-state index contributed by atoms with van der Waals surface area (Å²) in [5.74, 6) is 0.795. The number of nitro groups is 1. The Labute approximate surface area is 90.2 Å². The molecule has 0 aliphatic rings. The molecule has 0 aliphatic heterocycles. The molecule has 82 valence electrons. The maximum absolute atomic E-state index is 10.7. The van der Waals surface area contributed by atoms with Crippen LogP contribution in [-0.2, 0) is 6.54 Å². The van der Waals surface area contributed by atoms with E-state index in [9.17, 15) is 10.1 Å². The molecule has 0 bridgehead atoms. The molecule has 2 rings (SSSR count). The van der Waals surface area contributed by atoms with Gasteiger partial charge in [0.1, 0.15) is 0 Å². The summed E-state index contributed by atoms with van der Waals surface area (Å²) in [7, 11) is 0. The fraction of sp³-hybridized carbons (Fsp3) is 0.111. The van der Waals surface area contributed by atoms with Gasteiger partial charge in [-0.05, 0) is 6.07 Å². The minimum absolute atomic E-state index is 0.0676. The van der Waals surface area contributed by atoms with E-state index in [0.29, 0.717) is 12.3 Å². The van der Waals surface area contributed by atoms with Gasteiger partial charge in [-0.2, -0.15) is 0 Å². The Morgan fingerprint density at radius 1 is 1.44 bits per heavy atom. The van der Waals surface area contributed by atoms with E-state index < -0.39 is 4.92 Å². The van der Waals surface area contributed by atoms with E-state index in [1.165, 1.54) is 24.5 Å². The summed E-state index contributed by atoms with van der Waals surface area (Å²) >= 11 is 0. The Kier molecular flexibility index (Phi) is 2.77. The zero-order chi connectivity index (χ0) is 11.4. The molecular formula is C9H8N4O3. The fourth-order valence-electron chi connectivity index (χ4n) is 1.18.